The van der Waals surface area contributed by atoms with Gasteiger partial charge in [0.05, 0.1) is 4.90 Å². The number of nitrogens with zero attached hydrogens (tertiary/aromatic N) is 1. The van der Waals surface area contributed by atoms with Crippen LogP contribution in [0.25, 0.3) is 11.5 Å². The first kappa shape index (κ1) is 16.2. The lowest BCUT2D eigenvalue weighted by Gasteiger charge is -2.03. The van der Waals surface area contributed by atoms with Crippen LogP contribution in [0.5, 0.6) is 0 Å². The number of benzene rings is 2. The predicted octanol–water partition coefficient (Wildman–Crippen LogP) is 3.66. The molecule has 1 aromatic heterocycles. The van der Waals surface area contributed by atoms with Crippen molar-refractivity contribution in [3.8, 4) is 11.5 Å². The highest BCUT2D eigenvalue weighted by Crippen LogP contribution is 2.32. The molecule has 0 aliphatic heterocycles. The van der Waals surface area contributed by atoms with E-state index in [9.17, 15) is 12.8 Å². The maximum atomic E-state index is 13.0. The van der Waals surface area contributed by atoms with Crippen LogP contribution < -0.4 is 5.32 Å². The zero-order chi connectivity index (χ0) is 17.3. The van der Waals surface area contributed by atoms with Gasteiger partial charge in [-0.2, -0.15) is 4.98 Å². The molecule has 3 rings (SSSR count). The number of hydrogen-bond acceptors (Lipinski definition) is 5. The maximum absolute atomic E-state index is 13.0. The highest BCUT2D eigenvalue weighted by atomic mass is 32.2. The van der Waals surface area contributed by atoms with E-state index < -0.39 is 15.7 Å². The fraction of sp³-hybridized carbons (Fsp3) is 0.118. The second kappa shape index (κ2) is 6.09. The predicted molar refractivity (Wildman–Crippen MR) is 88.1 cm³/mol. The van der Waals surface area contributed by atoms with Crippen molar-refractivity contribution in [2.24, 2.45) is 0 Å². The Morgan fingerprint density at radius 3 is 2.25 bits per heavy atom. The third-order valence-corrected chi connectivity index (χ3v) is 5.18. The van der Waals surface area contributed by atoms with Crippen LogP contribution in [0.15, 0.2) is 62.9 Å². The Labute approximate surface area is 139 Å². The van der Waals surface area contributed by atoms with Crippen LogP contribution in [0.4, 0.5) is 10.3 Å². The van der Waals surface area contributed by atoms with E-state index in [-0.39, 0.29) is 21.7 Å². The van der Waals surface area contributed by atoms with Crippen molar-refractivity contribution in [2.75, 3.05) is 12.4 Å². The first-order valence-corrected chi connectivity index (χ1v) is 8.66. The van der Waals surface area contributed by atoms with Gasteiger partial charge in [-0.25, -0.2) is 12.8 Å². The quantitative estimate of drug-likeness (QED) is 0.780. The van der Waals surface area contributed by atoms with Crippen molar-refractivity contribution in [3.05, 3.63) is 59.9 Å². The number of sulfone groups is 1. The van der Waals surface area contributed by atoms with Gasteiger partial charge < -0.3 is 9.73 Å². The highest BCUT2D eigenvalue weighted by Gasteiger charge is 2.27. The third-order valence-electron chi connectivity index (χ3n) is 3.50. The van der Waals surface area contributed by atoms with Crippen LogP contribution in [0, 0.1) is 12.7 Å². The average Bonchev–Trinajstić information content (AvgIpc) is 3.01. The summed E-state index contributed by atoms with van der Waals surface area (Å²) in [6.07, 6.45) is 0. The summed E-state index contributed by atoms with van der Waals surface area (Å²) >= 11 is 0. The summed E-state index contributed by atoms with van der Waals surface area (Å²) in [5.74, 6) is -0.258. The lowest BCUT2D eigenvalue weighted by atomic mass is 10.2. The Kier molecular flexibility index (Phi) is 4.11. The van der Waals surface area contributed by atoms with Gasteiger partial charge in [0.2, 0.25) is 26.6 Å². The van der Waals surface area contributed by atoms with Gasteiger partial charge in [0.15, 0.2) is 0 Å². The fourth-order valence-corrected chi connectivity index (χ4v) is 3.50. The summed E-state index contributed by atoms with van der Waals surface area (Å²) in [4.78, 5) is 4.24. The van der Waals surface area contributed by atoms with Crippen LogP contribution in [0.3, 0.4) is 0 Å². The SMILES string of the molecule is CNc1oc(-c2ccc(F)cc2)nc1S(=O)(=O)c1ccc(C)cc1. The molecule has 124 valence electrons. The molecule has 24 heavy (non-hydrogen) atoms. The van der Waals surface area contributed by atoms with E-state index in [4.69, 9.17) is 4.42 Å². The fourth-order valence-electron chi connectivity index (χ4n) is 2.19. The van der Waals surface area contributed by atoms with E-state index in [1.165, 1.54) is 36.4 Å². The lowest BCUT2D eigenvalue weighted by molar-refractivity contribution is 0.580. The number of aromatic nitrogens is 1. The molecule has 3 aromatic rings. The van der Waals surface area contributed by atoms with Gasteiger partial charge in [-0.1, -0.05) is 17.7 Å². The standard InChI is InChI=1S/C17H15FN2O3S/c1-11-3-9-14(10-4-11)24(21,22)17-16(19-2)23-15(20-17)12-5-7-13(18)8-6-12/h3-10,19H,1-2H3. The molecule has 0 aliphatic rings. The van der Waals surface area contributed by atoms with Crippen LogP contribution in [-0.4, -0.2) is 20.4 Å². The largest absolute Gasteiger partial charge is 0.419 e. The molecule has 0 saturated heterocycles. The molecule has 0 fully saturated rings. The molecule has 0 bridgehead atoms. The van der Waals surface area contributed by atoms with Crippen molar-refractivity contribution in [2.45, 2.75) is 16.8 Å². The molecule has 0 spiro atoms. The Morgan fingerprint density at radius 2 is 1.67 bits per heavy atom. The van der Waals surface area contributed by atoms with E-state index in [0.29, 0.717) is 5.56 Å². The average molecular weight is 346 g/mol. The normalized spacial score (nSPS) is 11.5. The van der Waals surface area contributed by atoms with E-state index in [1.807, 2.05) is 6.92 Å². The van der Waals surface area contributed by atoms with Crippen LogP contribution in [-0.2, 0) is 9.84 Å². The second-order valence-corrected chi connectivity index (χ2v) is 7.09. The van der Waals surface area contributed by atoms with Gasteiger partial charge in [-0.3, -0.25) is 0 Å². The van der Waals surface area contributed by atoms with Gasteiger partial charge >= 0.3 is 0 Å². The number of rotatable bonds is 4. The van der Waals surface area contributed by atoms with Crippen LogP contribution >= 0.6 is 0 Å². The molecule has 0 radical (unpaired) electrons. The van der Waals surface area contributed by atoms with Gasteiger partial charge in [-0.15, -0.1) is 0 Å². The van der Waals surface area contributed by atoms with Gasteiger partial charge in [0.1, 0.15) is 5.82 Å². The molecule has 0 aliphatic carbocycles. The Morgan fingerprint density at radius 1 is 1.04 bits per heavy atom. The highest BCUT2D eigenvalue weighted by molar-refractivity contribution is 7.91. The number of anilines is 1. The summed E-state index contributed by atoms with van der Waals surface area (Å²) < 4.78 is 44.1. The van der Waals surface area contributed by atoms with Crippen molar-refractivity contribution in [3.63, 3.8) is 0 Å². The first-order valence-electron chi connectivity index (χ1n) is 7.18. The third kappa shape index (κ3) is 2.90. The smallest absolute Gasteiger partial charge is 0.233 e. The Balaban J connectivity index is 2.10. The van der Waals surface area contributed by atoms with Crippen molar-refractivity contribution < 1.29 is 17.2 Å². The minimum Gasteiger partial charge on any atom is -0.419 e. The first-order chi connectivity index (χ1) is 11.4. The van der Waals surface area contributed by atoms with Crippen molar-refractivity contribution >= 4 is 15.7 Å². The second-order valence-electron chi connectivity index (χ2n) is 5.23. The van der Waals surface area contributed by atoms with E-state index in [1.54, 1.807) is 19.2 Å². The Bertz CT molecular complexity index is 962. The topological polar surface area (TPSA) is 72.2 Å². The number of nitrogens with one attached hydrogen (secondary N) is 1. The minimum absolute atomic E-state index is 0.0369. The molecule has 0 amide bonds. The minimum atomic E-state index is -3.84. The van der Waals surface area contributed by atoms with E-state index in [2.05, 4.69) is 10.3 Å². The summed E-state index contributed by atoms with van der Waals surface area (Å²) in [6.45, 7) is 1.87. The summed E-state index contributed by atoms with van der Waals surface area (Å²) in [5.41, 5.74) is 1.44. The molecule has 2 aromatic carbocycles. The van der Waals surface area contributed by atoms with Crippen LogP contribution in [0.1, 0.15) is 5.56 Å². The summed E-state index contributed by atoms with van der Waals surface area (Å²) in [7, 11) is -2.29. The molecule has 1 N–H and O–H groups in total. The van der Waals surface area contributed by atoms with Gasteiger partial charge in [-0.05, 0) is 43.3 Å². The maximum Gasteiger partial charge on any atom is 0.233 e. The van der Waals surface area contributed by atoms with Gasteiger partial charge in [0.25, 0.3) is 0 Å². The lowest BCUT2D eigenvalue weighted by Crippen LogP contribution is -2.05. The van der Waals surface area contributed by atoms with Crippen molar-refractivity contribution in [1.82, 2.24) is 4.98 Å². The molecular formula is C17H15FN2O3S. The van der Waals surface area contributed by atoms with E-state index in [0.717, 1.165) is 5.56 Å². The monoisotopic (exact) mass is 346 g/mol. The zero-order valence-electron chi connectivity index (χ0n) is 13.1. The summed E-state index contributed by atoms with van der Waals surface area (Å²) in [5, 5.41) is 2.50. The Hall–Kier alpha value is -2.67. The molecule has 7 heteroatoms. The number of hydrogen-bond donors (Lipinski definition) is 1. The zero-order valence-corrected chi connectivity index (χ0v) is 13.9. The molecule has 0 saturated carbocycles. The number of halogens is 1. The molecule has 1 heterocycles. The van der Waals surface area contributed by atoms with Crippen LogP contribution in [0.2, 0.25) is 0 Å². The molecule has 0 unspecified atom stereocenters. The summed E-state index contributed by atoms with van der Waals surface area (Å²) in [6, 6.07) is 11.9. The van der Waals surface area contributed by atoms with Crippen molar-refractivity contribution in [1.29, 1.82) is 0 Å². The number of oxazole rings is 1. The van der Waals surface area contributed by atoms with Gasteiger partial charge in [0, 0.05) is 12.6 Å². The molecule has 5 nitrogen and oxygen atoms in total. The molecule has 0 atom stereocenters. The number of aryl methyl sites for hydroxylation is 1. The van der Waals surface area contributed by atoms with E-state index >= 15 is 0 Å². The molecular weight excluding hydrogens is 331 g/mol.